The Kier molecular flexibility index (Phi) is 16.3. The number of rotatable bonds is 15. The van der Waals surface area contributed by atoms with E-state index in [0.29, 0.717) is 6.42 Å². The predicted octanol–water partition coefficient (Wildman–Crippen LogP) is 8.10. The van der Waals surface area contributed by atoms with Crippen LogP contribution in [0.15, 0.2) is 103 Å². The Hall–Kier alpha value is -2.87. The molecule has 0 heterocycles. The topological polar surface area (TPSA) is 29.1 Å². The van der Waals surface area contributed by atoms with Gasteiger partial charge in [-0.15, -0.1) is 0 Å². The minimum absolute atomic E-state index is 0.0562. The molecule has 0 atom stereocenters. The number of anilines is 1. The molecule has 1 N–H and O–H groups in total. The van der Waals surface area contributed by atoms with Crippen LogP contribution >= 0.6 is 0 Å². The van der Waals surface area contributed by atoms with Crippen molar-refractivity contribution in [3.8, 4) is 0 Å². The van der Waals surface area contributed by atoms with Crippen molar-refractivity contribution in [3.05, 3.63) is 103 Å². The van der Waals surface area contributed by atoms with E-state index >= 15 is 0 Å². The van der Waals surface area contributed by atoms with Crippen LogP contribution < -0.4 is 5.32 Å². The maximum atomic E-state index is 11.8. The molecule has 1 amide bonds. The maximum Gasteiger partial charge on any atom is 0.224 e. The molecular formula is C28H37NO. The molecule has 2 nitrogen and oxygen atoms in total. The van der Waals surface area contributed by atoms with Crippen molar-refractivity contribution in [1.29, 1.82) is 0 Å². The summed E-state index contributed by atoms with van der Waals surface area (Å²) in [7, 11) is 0. The van der Waals surface area contributed by atoms with Crippen LogP contribution in [0.3, 0.4) is 0 Å². The molecule has 0 bridgehead atoms. The van der Waals surface area contributed by atoms with Crippen molar-refractivity contribution in [1.82, 2.24) is 0 Å². The van der Waals surface area contributed by atoms with Crippen molar-refractivity contribution < 1.29 is 4.79 Å². The van der Waals surface area contributed by atoms with Gasteiger partial charge >= 0.3 is 0 Å². The third-order valence-electron chi connectivity index (χ3n) is 4.19. The zero-order valence-electron chi connectivity index (χ0n) is 18.4. The van der Waals surface area contributed by atoms with E-state index in [4.69, 9.17) is 0 Å². The molecule has 0 saturated carbocycles. The van der Waals surface area contributed by atoms with Crippen molar-refractivity contribution in [2.45, 2.75) is 58.3 Å². The highest BCUT2D eigenvalue weighted by Gasteiger charge is 1.99. The Bertz CT molecular complexity index is 720. The highest BCUT2D eigenvalue weighted by molar-refractivity contribution is 5.90. The van der Waals surface area contributed by atoms with E-state index in [-0.39, 0.29) is 5.91 Å². The predicted molar refractivity (Wildman–Crippen MR) is 133 cm³/mol. The lowest BCUT2D eigenvalue weighted by Crippen LogP contribution is -2.10. The number of amides is 1. The van der Waals surface area contributed by atoms with Gasteiger partial charge in [-0.1, -0.05) is 98.0 Å². The first-order valence-electron chi connectivity index (χ1n) is 11.1. The fourth-order valence-electron chi connectivity index (χ4n) is 2.60. The lowest BCUT2D eigenvalue weighted by atomic mass is 10.2. The normalized spacial score (nSPS) is 12.6. The molecule has 0 aliphatic carbocycles. The molecule has 30 heavy (non-hydrogen) atoms. The maximum absolute atomic E-state index is 11.8. The van der Waals surface area contributed by atoms with E-state index in [9.17, 15) is 4.79 Å². The van der Waals surface area contributed by atoms with Gasteiger partial charge in [0.25, 0.3) is 0 Å². The summed E-state index contributed by atoms with van der Waals surface area (Å²) in [5.74, 6) is 0.0562. The zero-order chi connectivity index (χ0) is 21.5. The molecular weight excluding hydrogens is 366 g/mol. The number of benzene rings is 1. The molecule has 160 valence electrons. The molecule has 0 saturated heterocycles. The summed E-state index contributed by atoms with van der Waals surface area (Å²) in [4.78, 5) is 11.8. The Labute approximate surface area is 183 Å². The van der Waals surface area contributed by atoms with Gasteiger partial charge in [-0.3, -0.25) is 4.79 Å². The lowest BCUT2D eigenvalue weighted by Gasteiger charge is -2.02. The van der Waals surface area contributed by atoms with Crippen molar-refractivity contribution in [3.63, 3.8) is 0 Å². The van der Waals surface area contributed by atoms with Gasteiger partial charge in [-0.2, -0.15) is 0 Å². The van der Waals surface area contributed by atoms with Gasteiger partial charge < -0.3 is 5.32 Å². The largest absolute Gasteiger partial charge is 0.326 e. The van der Waals surface area contributed by atoms with Gasteiger partial charge in [-0.05, 0) is 57.1 Å². The fraction of sp³-hybridized carbons (Fsp3) is 0.321. The lowest BCUT2D eigenvalue weighted by molar-refractivity contribution is -0.116. The number of para-hydroxylation sites is 1. The fourth-order valence-corrected chi connectivity index (χ4v) is 2.60. The average molecular weight is 404 g/mol. The summed E-state index contributed by atoms with van der Waals surface area (Å²) in [6.07, 6.45) is 33.5. The van der Waals surface area contributed by atoms with E-state index in [1.165, 1.54) is 0 Å². The zero-order valence-corrected chi connectivity index (χ0v) is 18.4. The first-order valence-corrected chi connectivity index (χ1v) is 11.1. The van der Waals surface area contributed by atoms with Crippen LogP contribution in [-0.2, 0) is 4.79 Å². The van der Waals surface area contributed by atoms with Crippen LogP contribution in [0.5, 0.6) is 0 Å². The van der Waals surface area contributed by atoms with Crippen LogP contribution in [0.4, 0.5) is 5.69 Å². The molecule has 0 unspecified atom stereocenters. The molecule has 1 aromatic carbocycles. The summed E-state index contributed by atoms with van der Waals surface area (Å²) in [6.45, 7) is 2.15. The summed E-state index contributed by atoms with van der Waals surface area (Å²) < 4.78 is 0. The summed E-state index contributed by atoms with van der Waals surface area (Å²) in [6, 6.07) is 9.57. The Morgan fingerprint density at radius 1 is 0.667 bits per heavy atom. The van der Waals surface area contributed by atoms with E-state index in [1.54, 1.807) is 0 Å². The van der Waals surface area contributed by atoms with Gasteiger partial charge in [0.2, 0.25) is 5.91 Å². The first kappa shape index (κ1) is 25.2. The summed E-state index contributed by atoms with van der Waals surface area (Å²) >= 11 is 0. The molecule has 0 fully saturated rings. The van der Waals surface area contributed by atoms with Crippen LogP contribution in [-0.4, -0.2) is 5.91 Å². The minimum atomic E-state index is 0.0562. The van der Waals surface area contributed by atoms with Crippen LogP contribution in [0, 0.1) is 0 Å². The van der Waals surface area contributed by atoms with Crippen molar-refractivity contribution in [2.24, 2.45) is 0 Å². The van der Waals surface area contributed by atoms with Gasteiger partial charge in [0.05, 0.1) is 0 Å². The number of hydrogen-bond acceptors (Lipinski definition) is 1. The van der Waals surface area contributed by atoms with Gasteiger partial charge in [-0.25, -0.2) is 0 Å². The number of carbonyl (C=O) groups is 1. The van der Waals surface area contributed by atoms with E-state index in [2.05, 4.69) is 85.2 Å². The quantitative estimate of drug-likeness (QED) is 0.294. The number of nitrogens with one attached hydrogen (secondary N) is 1. The van der Waals surface area contributed by atoms with Gasteiger partial charge in [0.1, 0.15) is 0 Å². The monoisotopic (exact) mass is 403 g/mol. The Balaban J connectivity index is 1.98. The first-order chi connectivity index (χ1) is 14.8. The minimum Gasteiger partial charge on any atom is -0.326 e. The molecule has 0 radical (unpaired) electrons. The molecule has 1 aromatic rings. The van der Waals surface area contributed by atoms with Crippen molar-refractivity contribution >= 4 is 11.6 Å². The highest BCUT2D eigenvalue weighted by Crippen LogP contribution is 2.06. The highest BCUT2D eigenvalue weighted by atomic mass is 16.1. The second kappa shape index (κ2) is 19.4. The SMILES string of the molecule is CC/C=C\C/C=C\C/C=C\C/C=C\C/C=C\C/C=C\CCC(=O)Nc1ccccc1. The second-order valence-corrected chi connectivity index (χ2v) is 6.87. The Morgan fingerprint density at radius 2 is 1.10 bits per heavy atom. The molecule has 0 aliphatic heterocycles. The summed E-state index contributed by atoms with van der Waals surface area (Å²) in [5.41, 5.74) is 0.852. The van der Waals surface area contributed by atoms with Crippen LogP contribution in [0.1, 0.15) is 58.3 Å². The third-order valence-corrected chi connectivity index (χ3v) is 4.19. The van der Waals surface area contributed by atoms with E-state index in [0.717, 1.165) is 50.6 Å². The number of hydrogen-bond donors (Lipinski definition) is 1. The van der Waals surface area contributed by atoms with Crippen LogP contribution in [0.2, 0.25) is 0 Å². The molecule has 0 spiro atoms. The average Bonchev–Trinajstić information content (AvgIpc) is 2.76. The van der Waals surface area contributed by atoms with Crippen LogP contribution in [0.25, 0.3) is 0 Å². The van der Waals surface area contributed by atoms with Gasteiger partial charge in [0, 0.05) is 12.1 Å². The molecule has 0 aliphatic rings. The Morgan fingerprint density at radius 3 is 1.57 bits per heavy atom. The molecule has 2 heteroatoms. The molecule has 0 aromatic heterocycles. The standard InChI is InChI=1S/C28H37NO/c1-2-3-4-5-6-7-8-9-10-11-12-13-14-15-16-17-18-19-23-26-28(30)29-27-24-21-20-22-25-27/h3-4,6-7,9-10,12-13,15-16,18-22,24-25H,2,5,8,11,14,17,23,26H2,1H3,(H,29,30)/b4-3-,7-6-,10-9-,13-12-,16-15-,19-18-. The van der Waals surface area contributed by atoms with Gasteiger partial charge in [0.15, 0.2) is 0 Å². The van der Waals surface area contributed by atoms with E-state index < -0.39 is 0 Å². The smallest absolute Gasteiger partial charge is 0.224 e. The number of carbonyl (C=O) groups excluding carboxylic acids is 1. The molecule has 1 rings (SSSR count). The summed E-state index contributed by atoms with van der Waals surface area (Å²) in [5, 5.41) is 2.90. The number of allylic oxidation sites excluding steroid dienone is 12. The third kappa shape index (κ3) is 16.1. The van der Waals surface area contributed by atoms with E-state index in [1.807, 2.05) is 30.3 Å². The van der Waals surface area contributed by atoms with Crippen molar-refractivity contribution in [2.75, 3.05) is 5.32 Å². The second-order valence-electron chi connectivity index (χ2n) is 6.87.